The van der Waals surface area contributed by atoms with Crippen LogP contribution in [-0.2, 0) is 21.6 Å². The van der Waals surface area contributed by atoms with Gasteiger partial charge in [-0.05, 0) is 129 Å². The van der Waals surface area contributed by atoms with Gasteiger partial charge in [-0.25, -0.2) is 9.97 Å². The number of anilines is 2. The van der Waals surface area contributed by atoms with Crippen molar-refractivity contribution >= 4 is 58.2 Å². The Hall–Kier alpha value is -5.55. The lowest BCUT2D eigenvalue weighted by atomic mass is 9.71. The van der Waals surface area contributed by atoms with Crippen molar-refractivity contribution in [2.24, 2.45) is 23.2 Å². The van der Waals surface area contributed by atoms with E-state index in [1.165, 1.54) is 12.8 Å². The van der Waals surface area contributed by atoms with Crippen LogP contribution in [0.3, 0.4) is 0 Å². The SMILES string of the molecule is CC(C)(c1ccc(OCc2ccnc(N3CCC4(CCN(CC5CCN(c6ccc7c(c6)C(=O)C(C6CCC(=O)NC6=O)C7=O)CC5)CC4)CC3)n2)cc1)c1cc(Cl)c(OCCCl)c(C#N)c1. The van der Waals surface area contributed by atoms with E-state index < -0.39 is 23.2 Å². The quantitative estimate of drug-likeness (QED) is 0.0780. The van der Waals surface area contributed by atoms with E-state index in [1.807, 2.05) is 60.8 Å². The van der Waals surface area contributed by atoms with Crippen LogP contribution in [0.25, 0.3) is 0 Å². The molecule has 0 saturated carbocycles. The lowest BCUT2D eigenvalue weighted by Crippen LogP contribution is -2.48. The van der Waals surface area contributed by atoms with Gasteiger partial charge in [0.2, 0.25) is 17.8 Å². The van der Waals surface area contributed by atoms with Gasteiger partial charge in [-0.3, -0.25) is 24.5 Å². The van der Waals surface area contributed by atoms with Crippen LogP contribution in [-0.4, -0.2) is 96.5 Å². The summed E-state index contributed by atoms with van der Waals surface area (Å²) >= 11 is 12.4. The van der Waals surface area contributed by atoms with E-state index in [0.717, 1.165) is 106 Å². The number of likely N-dealkylation sites (tertiary alicyclic amines) is 1. The summed E-state index contributed by atoms with van der Waals surface area (Å²) in [6.07, 6.45) is 8.99. The lowest BCUT2D eigenvalue weighted by Gasteiger charge is -2.47. The fourth-order valence-corrected chi connectivity index (χ4v) is 11.2. The summed E-state index contributed by atoms with van der Waals surface area (Å²) in [6.45, 7) is 11.8. The predicted octanol–water partition coefficient (Wildman–Crippen LogP) is 8.17. The molecule has 67 heavy (non-hydrogen) atoms. The molecule has 9 rings (SSSR count). The molecule has 350 valence electrons. The van der Waals surface area contributed by atoms with Crippen molar-refractivity contribution in [3.63, 3.8) is 0 Å². The summed E-state index contributed by atoms with van der Waals surface area (Å²) in [5.41, 5.74) is 4.78. The maximum atomic E-state index is 13.5. The molecule has 1 aliphatic carbocycles. The highest BCUT2D eigenvalue weighted by Gasteiger charge is 2.48. The topological polar surface area (TPSA) is 158 Å². The first-order valence-electron chi connectivity index (χ1n) is 23.6. The van der Waals surface area contributed by atoms with Gasteiger partial charge in [0, 0.05) is 67.6 Å². The molecule has 5 heterocycles. The number of nitrogens with one attached hydrogen (secondary N) is 1. The molecule has 5 aliphatic rings. The Morgan fingerprint density at radius 3 is 2.25 bits per heavy atom. The van der Waals surface area contributed by atoms with Crippen molar-refractivity contribution in [1.29, 1.82) is 5.26 Å². The number of ether oxygens (including phenoxy) is 2. The third-order valence-corrected chi connectivity index (χ3v) is 15.6. The van der Waals surface area contributed by atoms with Gasteiger partial charge in [-0.15, -0.1) is 11.6 Å². The number of piperidine rings is 4. The van der Waals surface area contributed by atoms with E-state index in [2.05, 4.69) is 44.9 Å². The molecular weight excluding hydrogens is 890 g/mol. The number of alkyl halides is 1. The number of imide groups is 1. The molecule has 4 saturated heterocycles. The van der Waals surface area contributed by atoms with Gasteiger partial charge >= 0.3 is 0 Å². The fraction of sp³-hybridized carbons (Fsp3) is 0.481. The van der Waals surface area contributed by atoms with Crippen molar-refractivity contribution in [1.82, 2.24) is 20.2 Å². The number of carbonyl (C=O) groups excluding carboxylic acids is 4. The number of benzene rings is 3. The van der Waals surface area contributed by atoms with Crippen molar-refractivity contribution in [3.8, 4) is 17.6 Å². The maximum Gasteiger partial charge on any atom is 0.230 e. The minimum absolute atomic E-state index is 0.140. The first-order valence-corrected chi connectivity index (χ1v) is 24.5. The van der Waals surface area contributed by atoms with E-state index in [0.29, 0.717) is 51.3 Å². The smallest absolute Gasteiger partial charge is 0.230 e. The molecule has 4 aromatic rings. The second kappa shape index (κ2) is 19.6. The normalized spacial score (nSPS) is 21.3. The van der Waals surface area contributed by atoms with Crippen LogP contribution in [0.1, 0.15) is 108 Å². The van der Waals surface area contributed by atoms with Crippen LogP contribution < -0.4 is 24.6 Å². The third-order valence-electron chi connectivity index (χ3n) is 15.2. The number of ketones is 2. The van der Waals surface area contributed by atoms with Gasteiger partial charge in [0.05, 0.1) is 34.0 Å². The Morgan fingerprint density at radius 2 is 1.55 bits per heavy atom. The lowest BCUT2D eigenvalue weighted by molar-refractivity contribution is -0.137. The van der Waals surface area contributed by atoms with Crippen molar-refractivity contribution in [3.05, 3.63) is 105 Å². The van der Waals surface area contributed by atoms with E-state index in [1.54, 1.807) is 6.07 Å². The molecule has 1 aromatic heterocycles. The number of carbonyl (C=O) groups is 4. The maximum absolute atomic E-state index is 13.5. The van der Waals surface area contributed by atoms with Crippen molar-refractivity contribution < 1.29 is 28.7 Å². The number of rotatable bonds is 13. The summed E-state index contributed by atoms with van der Waals surface area (Å²) in [4.78, 5) is 67.8. The van der Waals surface area contributed by atoms with Gasteiger partial charge in [0.1, 0.15) is 25.0 Å². The average molecular weight is 947 g/mol. The summed E-state index contributed by atoms with van der Waals surface area (Å²) < 4.78 is 11.8. The number of fused-ring (bicyclic) bond motifs is 1. The minimum Gasteiger partial charge on any atom is -0.489 e. The van der Waals surface area contributed by atoms with Crippen molar-refractivity contribution in [2.75, 3.05) is 68.1 Å². The number of Topliss-reactive ketones (excluding diaryl/α,β-unsaturated/α-hetero) is 2. The molecule has 2 atom stereocenters. The Labute approximate surface area is 402 Å². The Balaban J connectivity index is 0.715. The molecule has 2 unspecified atom stereocenters. The number of halogens is 2. The van der Waals surface area contributed by atoms with Crippen LogP contribution in [0.15, 0.2) is 66.9 Å². The number of aromatic nitrogens is 2. The second-order valence-corrected chi connectivity index (χ2v) is 20.3. The highest BCUT2D eigenvalue weighted by Crippen LogP contribution is 2.43. The second-order valence-electron chi connectivity index (χ2n) is 19.5. The van der Waals surface area contributed by atoms with Crippen LogP contribution in [0, 0.1) is 34.5 Å². The van der Waals surface area contributed by atoms with Gasteiger partial charge in [0.25, 0.3) is 0 Å². The largest absolute Gasteiger partial charge is 0.489 e. The molecule has 0 bridgehead atoms. The molecule has 15 heteroatoms. The van der Waals surface area contributed by atoms with Gasteiger partial charge < -0.3 is 24.2 Å². The predicted molar refractivity (Wildman–Crippen MR) is 256 cm³/mol. The summed E-state index contributed by atoms with van der Waals surface area (Å²) in [5, 5.41) is 12.5. The van der Waals surface area contributed by atoms with E-state index >= 15 is 0 Å². The van der Waals surface area contributed by atoms with Gasteiger partial charge in [-0.1, -0.05) is 37.6 Å². The highest BCUT2D eigenvalue weighted by atomic mass is 35.5. The molecule has 2 amide bonds. The van der Waals surface area contributed by atoms with Gasteiger partial charge in [0.15, 0.2) is 17.3 Å². The van der Waals surface area contributed by atoms with Crippen LogP contribution >= 0.6 is 23.2 Å². The van der Waals surface area contributed by atoms with E-state index in [9.17, 15) is 24.4 Å². The zero-order valence-corrected chi connectivity index (χ0v) is 39.7. The summed E-state index contributed by atoms with van der Waals surface area (Å²) in [5.74, 6) is -0.590. The fourth-order valence-electron chi connectivity index (χ4n) is 10.9. The van der Waals surface area contributed by atoms with E-state index in [4.69, 9.17) is 37.7 Å². The molecule has 1 N–H and O–H groups in total. The molecule has 4 aliphatic heterocycles. The molecular formula is C52H57Cl2N7O6. The Kier molecular flexibility index (Phi) is 13.6. The van der Waals surface area contributed by atoms with Crippen LogP contribution in [0.2, 0.25) is 5.02 Å². The molecule has 3 aromatic carbocycles. The first-order chi connectivity index (χ1) is 32.3. The first kappa shape index (κ1) is 46.6. The van der Waals surface area contributed by atoms with Crippen LogP contribution in [0.4, 0.5) is 11.6 Å². The van der Waals surface area contributed by atoms with E-state index in [-0.39, 0.29) is 36.9 Å². The molecule has 13 nitrogen and oxygen atoms in total. The number of amides is 2. The molecule has 1 spiro atoms. The van der Waals surface area contributed by atoms with Crippen LogP contribution in [0.5, 0.6) is 11.5 Å². The van der Waals surface area contributed by atoms with Gasteiger partial charge in [-0.2, -0.15) is 5.26 Å². The summed E-state index contributed by atoms with van der Waals surface area (Å²) in [6, 6.07) is 21.3. The number of hydrogen-bond acceptors (Lipinski definition) is 12. The highest BCUT2D eigenvalue weighted by molar-refractivity contribution is 6.32. The summed E-state index contributed by atoms with van der Waals surface area (Å²) in [7, 11) is 0. The standard InChI is InChI=1S/C52H57Cl2N7O6/c1-51(2,36-27-34(30-55)48(43(54)28-36)66-26-18-53)35-3-6-39(7-4-35)67-32-37-11-19-56-50(57-37)61-24-16-52(17-25-61)14-22-59(23-15-52)31-33-12-20-60(21-13-33)38-5-8-40-42(29-38)47(64)45(46(40)63)41-9-10-44(62)58-49(41)65/h3-8,11,19,27-29,33,41,45H,9-10,12-18,20-26,31-32H2,1-2H3,(H,58,62,65). The zero-order valence-electron chi connectivity index (χ0n) is 38.2. The minimum atomic E-state index is -1.04. The molecule has 4 fully saturated rings. The third kappa shape index (κ3) is 9.76. The Morgan fingerprint density at radius 1 is 0.836 bits per heavy atom. The zero-order chi connectivity index (χ0) is 46.9. The number of nitrogens with zero attached hydrogens (tertiary/aromatic N) is 6. The number of hydrogen-bond donors (Lipinski definition) is 1. The Bertz CT molecular complexity index is 2570. The van der Waals surface area contributed by atoms with Crippen molar-refractivity contribution in [2.45, 2.75) is 77.2 Å². The monoisotopic (exact) mass is 945 g/mol. The molecule has 0 radical (unpaired) electrons. The number of nitriles is 1. The average Bonchev–Trinajstić information content (AvgIpc) is 3.59.